The van der Waals surface area contributed by atoms with Crippen LogP contribution in [0.4, 0.5) is 0 Å². The molecule has 2 aliphatic rings. The van der Waals surface area contributed by atoms with E-state index in [-0.39, 0.29) is 24.9 Å². The van der Waals surface area contributed by atoms with E-state index in [1.54, 1.807) is 0 Å². The summed E-state index contributed by atoms with van der Waals surface area (Å²) in [7, 11) is 0. The molecule has 1 saturated heterocycles. The smallest absolute Gasteiger partial charge is 0.321 e. The molecule has 2 N–H and O–H groups in total. The molecule has 0 aromatic heterocycles. The number of aliphatic carboxylic acids is 1. The SMILES string of the molecule is CC1CN(C(C(=O)O)C2CC2)CC(CO)O1. The van der Waals surface area contributed by atoms with Crippen molar-refractivity contribution in [3.05, 3.63) is 0 Å². The van der Waals surface area contributed by atoms with Crippen LogP contribution in [0.3, 0.4) is 0 Å². The van der Waals surface area contributed by atoms with E-state index >= 15 is 0 Å². The number of aliphatic hydroxyl groups is 1. The van der Waals surface area contributed by atoms with Crippen molar-refractivity contribution in [1.82, 2.24) is 4.90 Å². The predicted molar refractivity (Wildman–Crippen MR) is 57.1 cm³/mol. The molecule has 0 spiro atoms. The van der Waals surface area contributed by atoms with Crippen molar-refractivity contribution < 1.29 is 19.7 Å². The minimum absolute atomic E-state index is 0.00787. The highest BCUT2D eigenvalue weighted by molar-refractivity contribution is 5.74. The summed E-state index contributed by atoms with van der Waals surface area (Å²) in [6, 6.07) is -0.389. The van der Waals surface area contributed by atoms with Crippen molar-refractivity contribution in [1.29, 1.82) is 0 Å². The predicted octanol–water partition coefficient (Wildman–Crippen LogP) is -0.0688. The van der Waals surface area contributed by atoms with Crippen LogP contribution >= 0.6 is 0 Å². The summed E-state index contributed by atoms with van der Waals surface area (Å²) in [5, 5.41) is 18.3. The Kier molecular flexibility index (Phi) is 3.47. The molecule has 1 heterocycles. The Morgan fingerprint density at radius 1 is 1.50 bits per heavy atom. The van der Waals surface area contributed by atoms with E-state index in [0.717, 1.165) is 12.8 Å². The molecule has 5 nitrogen and oxygen atoms in total. The molecule has 0 aromatic rings. The maximum absolute atomic E-state index is 11.2. The number of hydrogen-bond donors (Lipinski definition) is 2. The van der Waals surface area contributed by atoms with Gasteiger partial charge in [0.2, 0.25) is 0 Å². The van der Waals surface area contributed by atoms with E-state index in [4.69, 9.17) is 9.84 Å². The van der Waals surface area contributed by atoms with Gasteiger partial charge >= 0.3 is 5.97 Å². The van der Waals surface area contributed by atoms with E-state index in [1.807, 2.05) is 11.8 Å². The van der Waals surface area contributed by atoms with Gasteiger partial charge in [-0.1, -0.05) is 0 Å². The van der Waals surface area contributed by atoms with Gasteiger partial charge in [0, 0.05) is 13.1 Å². The van der Waals surface area contributed by atoms with Gasteiger partial charge in [0.15, 0.2) is 0 Å². The first-order valence-corrected chi connectivity index (χ1v) is 5.85. The quantitative estimate of drug-likeness (QED) is 0.706. The van der Waals surface area contributed by atoms with E-state index in [1.165, 1.54) is 0 Å². The summed E-state index contributed by atoms with van der Waals surface area (Å²) in [5.74, 6) is -0.449. The van der Waals surface area contributed by atoms with Crippen LogP contribution in [0.25, 0.3) is 0 Å². The molecule has 16 heavy (non-hydrogen) atoms. The second kappa shape index (κ2) is 4.69. The zero-order valence-corrected chi connectivity index (χ0v) is 9.50. The van der Waals surface area contributed by atoms with Crippen LogP contribution in [0.5, 0.6) is 0 Å². The average molecular weight is 229 g/mol. The van der Waals surface area contributed by atoms with Gasteiger partial charge in [-0.05, 0) is 25.7 Å². The highest BCUT2D eigenvalue weighted by Crippen LogP contribution is 2.36. The molecule has 1 aliphatic carbocycles. The molecular weight excluding hydrogens is 210 g/mol. The third-order valence-corrected chi connectivity index (χ3v) is 3.27. The number of aliphatic hydroxyl groups excluding tert-OH is 1. The first-order chi connectivity index (χ1) is 7.61. The summed E-state index contributed by atoms with van der Waals surface area (Å²) in [5.41, 5.74) is 0. The molecule has 2 fully saturated rings. The monoisotopic (exact) mass is 229 g/mol. The lowest BCUT2D eigenvalue weighted by Crippen LogP contribution is -2.54. The van der Waals surface area contributed by atoms with Gasteiger partial charge in [-0.25, -0.2) is 0 Å². The number of nitrogens with zero attached hydrogens (tertiary/aromatic N) is 1. The lowest BCUT2D eigenvalue weighted by molar-refractivity contribution is -0.152. The maximum Gasteiger partial charge on any atom is 0.321 e. The number of rotatable bonds is 4. The molecule has 1 aliphatic heterocycles. The van der Waals surface area contributed by atoms with Crippen molar-refractivity contribution in [2.75, 3.05) is 19.7 Å². The Labute approximate surface area is 95.0 Å². The third kappa shape index (κ3) is 2.53. The lowest BCUT2D eigenvalue weighted by atomic mass is 10.1. The highest BCUT2D eigenvalue weighted by Gasteiger charge is 2.42. The second-order valence-electron chi connectivity index (χ2n) is 4.83. The van der Waals surface area contributed by atoms with Crippen LogP contribution in [0.2, 0.25) is 0 Å². The van der Waals surface area contributed by atoms with Crippen molar-refractivity contribution in [3.8, 4) is 0 Å². The van der Waals surface area contributed by atoms with Crippen molar-refractivity contribution in [2.45, 2.75) is 38.0 Å². The van der Waals surface area contributed by atoms with Gasteiger partial charge in [0.05, 0.1) is 18.8 Å². The average Bonchev–Trinajstić information content (AvgIpc) is 3.00. The molecule has 0 amide bonds. The topological polar surface area (TPSA) is 70.0 Å². The fourth-order valence-corrected chi connectivity index (χ4v) is 2.48. The Morgan fingerprint density at radius 2 is 2.19 bits per heavy atom. The summed E-state index contributed by atoms with van der Waals surface area (Å²) < 4.78 is 5.51. The normalized spacial score (nSPS) is 33.6. The molecule has 3 atom stereocenters. The molecule has 0 bridgehead atoms. The van der Waals surface area contributed by atoms with Gasteiger partial charge in [-0.15, -0.1) is 0 Å². The van der Waals surface area contributed by atoms with Gasteiger partial charge in [0.1, 0.15) is 6.04 Å². The molecule has 92 valence electrons. The van der Waals surface area contributed by atoms with Crippen LogP contribution < -0.4 is 0 Å². The first-order valence-electron chi connectivity index (χ1n) is 5.85. The number of hydrogen-bond acceptors (Lipinski definition) is 4. The van der Waals surface area contributed by atoms with Crippen LogP contribution in [0.1, 0.15) is 19.8 Å². The molecule has 0 radical (unpaired) electrons. The fourth-order valence-electron chi connectivity index (χ4n) is 2.48. The third-order valence-electron chi connectivity index (χ3n) is 3.27. The van der Waals surface area contributed by atoms with Crippen LogP contribution in [0.15, 0.2) is 0 Å². The Bertz CT molecular complexity index is 267. The molecule has 5 heteroatoms. The van der Waals surface area contributed by atoms with Gasteiger partial charge in [-0.2, -0.15) is 0 Å². The van der Waals surface area contributed by atoms with Crippen LogP contribution in [0, 0.1) is 5.92 Å². The van der Waals surface area contributed by atoms with E-state index in [2.05, 4.69) is 0 Å². The Morgan fingerprint density at radius 3 is 2.69 bits per heavy atom. The van der Waals surface area contributed by atoms with Crippen LogP contribution in [-0.2, 0) is 9.53 Å². The number of morpholine rings is 1. The standard InChI is InChI=1S/C11H19NO4/c1-7-4-12(5-9(6-13)16-7)10(11(14)15)8-2-3-8/h7-10,13H,2-6H2,1H3,(H,14,15). The summed E-state index contributed by atoms with van der Waals surface area (Å²) >= 11 is 0. The molecular formula is C11H19NO4. The Hall–Kier alpha value is -0.650. The fraction of sp³-hybridized carbons (Fsp3) is 0.909. The van der Waals surface area contributed by atoms with E-state index in [9.17, 15) is 9.90 Å². The summed E-state index contributed by atoms with van der Waals surface area (Å²) in [6.45, 7) is 3.04. The van der Waals surface area contributed by atoms with Gasteiger partial charge in [0.25, 0.3) is 0 Å². The van der Waals surface area contributed by atoms with Crippen molar-refractivity contribution >= 4 is 5.97 Å². The van der Waals surface area contributed by atoms with Gasteiger partial charge < -0.3 is 14.9 Å². The van der Waals surface area contributed by atoms with E-state index < -0.39 is 5.97 Å². The zero-order valence-electron chi connectivity index (χ0n) is 9.50. The number of carboxylic acids is 1. The first kappa shape index (κ1) is 11.8. The molecule has 1 saturated carbocycles. The number of ether oxygens (including phenoxy) is 1. The zero-order chi connectivity index (χ0) is 11.7. The minimum atomic E-state index is -0.742. The van der Waals surface area contributed by atoms with Crippen molar-refractivity contribution in [3.63, 3.8) is 0 Å². The summed E-state index contributed by atoms with van der Waals surface area (Å²) in [6.07, 6.45) is 1.76. The van der Waals surface area contributed by atoms with Crippen molar-refractivity contribution in [2.24, 2.45) is 5.92 Å². The second-order valence-corrected chi connectivity index (χ2v) is 4.83. The maximum atomic E-state index is 11.2. The van der Waals surface area contributed by atoms with Gasteiger partial charge in [-0.3, -0.25) is 9.69 Å². The van der Waals surface area contributed by atoms with Crippen LogP contribution in [-0.4, -0.2) is 59.0 Å². The largest absolute Gasteiger partial charge is 0.480 e. The Balaban J connectivity index is 2.02. The minimum Gasteiger partial charge on any atom is -0.480 e. The highest BCUT2D eigenvalue weighted by atomic mass is 16.5. The number of carboxylic acid groups (broad SMARTS) is 1. The molecule has 2 rings (SSSR count). The number of carbonyl (C=O) groups is 1. The van der Waals surface area contributed by atoms with E-state index in [0.29, 0.717) is 19.0 Å². The molecule has 0 aromatic carbocycles. The summed E-state index contributed by atoms with van der Waals surface area (Å²) in [4.78, 5) is 13.2. The molecule has 3 unspecified atom stereocenters. The lowest BCUT2D eigenvalue weighted by Gasteiger charge is -2.39.